The molecule has 6 heteroatoms. The molecule has 0 aromatic heterocycles. The third kappa shape index (κ3) is 3.20. The van der Waals surface area contributed by atoms with Crippen LogP contribution in [0.15, 0.2) is 28.7 Å². The molecule has 0 radical (unpaired) electrons. The van der Waals surface area contributed by atoms with Crippen molar-refractivity contribution >= 4 is 31.6 Å². The summed E-state index contributed by atoms with van der Waals surface area (Å²) in [5, 5.41) is 0. The Hall–Kier alpha value is -0.590. The Kier molecular flexibility index (Phi) is 4.76. The maximum Gasteiger partial charge on any atom is 0.236 e. The molecular formula is C10H15BrN2O2S. The van der Waals surface area contributed by atoms with Gasteiger partial charge in [0.05, 0.1) is 11.4 Å². The molecule has 2 N–H and O–H groups in total. The summed E-state index contributed by atoms with van der Waals surface area (Å²) in [5.74, 6) is -0.0308. The zero-order chi connectivity index (χ0) is 12.2. The van der Waals surface area contributed by atoms with Gasteiger partial charge >= 0.3 is 0 Å². The van der Waals surface area contributed by atoms with Crippen molar-refractivity contribution in [1.29, 1.82) is 0 Å². The fraction of sp³-hybridized carbons (Fsp3) is 0.400. The van der Waals surface area contributed by atoms with Crippen LogP contribution in [0, 0.1) is 0 Å². The molecule has 1 rings (SSSR count). The van der Waals surface area contributed by atoms with Gasteiger partial charge in [-0.2, -0.15) is 0 Å². The summed E-state index contributed by atoms with van der Waals surface area (Å²) in [7, 11) is -3.30. The van der Waals surface area contributed by atoms with Gasteiger partial charge in [0.1, 0.15) is 0 Å². The number of hydrogen-bond acceptors (Lipinski definition) is 3. The van der Waals surface area contributed by atoms with Crippen molar-refractivity contribution in [3.63, 3.8) is 0 Å². The summed E-state index contributed by atoms with van der Waals surface area (Å²) >= 11 is 3.31. The first-order chi connectivity index (χ1) is 7.51. The first kappa shape index (κ1) is 13.5. The van der Waals surface area contributed by atoms with Crippen LogP contribution >= 0.6 is 15.9 Å². The molecule has 0 aliphatic rings. The van der Waals surface area contributed by atoms with E-state index in [9.17, 15) is 8.42 Å². The van der Waals surface area contributed by atoms with Crippen molar-refractivity contribution in [2.45, 2.75) is 6.92 Å². The number of rotatable bonds is 5. The summed E-state index contributed by atoms with van der Waals surface area (Å²) in [6, 6.07) is 7.16. The second-order valence-corrected chi connectivity index (χ2v) is 6.17. The zero-order valence-corrected chi connectivity index (χ0v) is 11.5. The topological polar surface area (TPSA) is 63.4 Å². The number of hydrogen-bond donors (Lipinski definition) is 1. The van der Waals surface area contributed by atoms with Crippen LogP contribution in [0.2, 0.25) is 0 Å². The quantitative estimate of drug-likeness (QED) is 0.898. The third-order valence-corrected chi connectivity index (χ3v) is 4.53. The van der Waals surface area contributed by atoms with Crippen LogP contribution in [0.5, 0.6) is 0 Å². The van der Waals surface area contributed by atoms with Gasteiger partial charge in [-0.1, -0.05) is 15.9 Å². The van der Waals surface area contributed by atoms with E-state index >= 15 is 0 Å². The van der Waals surface area contributed by atoms with Crippen LogP contribution in [0.1, 0.15) is 6.92 Å². The molecule has 0 saturated carbocycles. The third-order valence-electron chi connectivity index (χ3n) is 2.11. The summed E-state index contributed by atoms with van der Waals surface area (Å²) in [6.45, 7) is 2.34. The molecule has 0 spiro atoms. The van der Waals surface area contributed by atoms with E-state index < -0.39 is 10.0 Å². The van der Waals surface area contributed by atoms with Crippen LogP contribution in [-0.4, -0.2) is 27.3 Å². The van der Waals surface area contributed by atoms with Crippen LogP contribution in [0.4, 0.5) is 5.69 Å². The van der Waals surface area contributed by atoms with E-state index in [0.29, 0.717) is 12.2 Å². The molecular weight excluding hydrogens is 292 g/mol. The first-order valence-corrected chi connectivity index (χ1v) is 7.37. The fourth-order valence-electron chi connectivity index (χ4n) is 1.41. The van der Waals surface area contributed by atoms with Crippen LogP contribution in [-0.2, 0) is 10.0 Å². The molecule has 0 unspecified atom stereocenters. The number of anilines is 1. The molecule has 16 heavy (non-hydrogen) atoms. The number of halogens is 1. The molecule has 1 aromatic carbocycles. The smallest absolute Gasteiger partial charge is 0.236 e. The van der Waals surface area contributed by atoms with Crippen LogP contribution in [0.3, 0.4) is 0 Å². The lowest BCUT2D eigenvalue weighted by atomic mass is 10.3. The van der Waals surface area contributed by atoms with Gasteiger partial charge in [-0.15, -0.1) is 0 Å². The molecule has 0 aliphatic heterocycles. The van der Waals surface area contributed by atoms with Crippen LogP contribution < -0.4 is 10.0 Å². The monoisotopic (exact) mass is 306 g/mol. The lowest BCUT2D eigenvalue weighted by molar-refractivity contribution is 0.591. The number of sulfonamides is 1. The Morgan fingerprint density at radius 1 is 1.31 bits per heavy atom. The number of nitrogens with two attached hydrogens (primary N) is 1. The minimum Gasteiger partial charge on any atom is -0.329 e. The van der Waals surface area contributed by atoms with E-state index in [1.807, 2.05) is 12.1 Å². The van der Waals surface area contributed by atoms with Gasteiger partial charge in [-0.3, -0.25) is 4.31 Å². The summed E-state index contributed by atoms with van der Waals surface area (Å²) in [6.07, 6.45) is 0. The average Bonchev–Trinajstić information content (AvgIpc) is 2.21. The fourth-order valence-corrected chi connectivity index (χ4v) is 3.03. The highest BCUT2D eigenvalue weighted by Gasteiger charge is 2.19. The molecule has 0 aliphatic carbocycles. The first-order valence-electron chi connectivity index (χ1n) is 4.97. The predicted octanol–water partition coefficient (Wildman–Crippen LogP) is 1.56. The normalized spacial score (nSPS) is 11.4. The lowest BCUT2D eigenvalue weighted by Crippen LogP contribution is -2.35. The number of benzene rings is 1. The SMILES string of the molecule is CCN(c1ccc(Br)cc1)S(=O)(=O)CCN. The maximum atomic E-state index is 11.9. The van der Waals surface area contributed by atoms with Gasteiger partial charge in [0, 0.05) is 17.6 Å². The van der Waals surface area contributed by atoms with Crippen molar-refractivity contribution in [3.8, 4) is 0 Å². The van der Waals surface area contributed by atoms with Crippen molar-refractivity contribution in [1.82, 2.24) is 0 Å². The predicted molar refractivity (Wildman–Crippen MR) is 70.0 cm³/mol. The van der Waals surface area contributed by atoms with Crippen molar-refractivity contribution in [3.05, 3.63) is 28.7 Å². The van der Waals surface area contributed by atoms with Crippen molar-refractivity contribution < 1.29 is 8.42 Å². The summed E-state index contributed by atoms with van der Waals surface area (Å²) < 4.78 is 26.1. The Morgan fingerprint density at radius 3 is 2.31 bits per heavy atom. The molecule has 0 atom stereocenters. The standard InChI is InChI=1S/C10H15BrN2O2S/c1-2-13(16(14,15)8-7-12)10-5-3-9(11)4-6-10/h3-6H,2,7-8,12H2,1H3. The second-order valence-electron chi connectivity index (χ2n) is 3.25. The lowest BCUT2D eigenvalue weighted by Gasteiger charge is -2.22. The van der Waals surface area contributed by atoms with Gasteiger partial charge in [0.2, 0.25) is 10.0 Å². The Morgan fingerprint density at radius 2 is 1.88 bits per heavy atom. The van der Waals surface area contributed by atoms with Gasteiger partial charge < -0.3 is 5.73 Å². The van der Waals surface area contributed by atoms with Gasteiger partial charge in [0.25, 0.3) is 0 Å². The molecule has 0 amide bonds. The second kappa shape index (κ2) is 5.65. The maximum absolute atomic E-state index is 11.9. The molecule has 4 nitrogen and oxygen atoms in total. The van der Waals surface area contributed by atoms with Crippen LogP contribution in [0.25, 0.3) is 0 Å². The highest BCUT2D eigenvalue weighted by atomic mass is 79.9. The van der Waals surface area contributed by atoms with E-state index in [-0.39, 0.29) is 12.3 Å². The molecule has 1 aromatic rings. The molecule has 90 valence electrons. The van der Waals surface area contributed by atoms with Gasteiger partial charge in [0.15, 0.2) is 0 Å². The van der Waals surface area contributed by atoms with E-state index in [2.05, 4.69) is 15.9 Å². The minimum atomic E-state index is -3.30. The van der Waals surface area contributed by atoms with E-state index in [1.165, 1.54) is 4.31 Å². The van der Waals surface area contributed by atoms with Gasteiger partial charge in [-0.25, -0.2) is 8.42 Å². The molecule has 0 fully saturated rings. The zero-order valence-electron chi connectivity index (χ0n) is 9.06. The van der Waals surface area contributed by atoms with Crippen molar-refractivity contribution in [2.24, 2.45) is 5.73 Å². The van der Waals surface area contributed by atoms with Crippen molar-refractivity contribution in [2.75, 3.05) is 23.1 Å². The highest BCUT2D eigenvalue weighted by molar-refractivity contribution is 9.10. The van der Waals surface area contributed by atoms with Gasteiger partial charge in [-0.05, 0) is 31.2 Å². The average molecular weight is 307 g/mol. The van der Waals surface area contributed by atoms with E-state index in [1.54, 1.807) is 19.1 Å². The molecule has 0 saturated heterocycles. The van der Waals surface area contributed by atoms with E-state index in [4.69, 9.17) is 5.73 Å². The summed E-state index contributed by atoms with van der Waals surface area (Å²) in [4.78, 5) is 0. The van der Waals surface area contributed by atoms with E-state index in [0.717, 1.165) is 4.47 Å². The molecule has 0 heterocycles. The minimum absolute atomic E-state index is 0.0308. The number of nitrogens with zero attached hydrogens (tertiary/aromatic N) is 1. The highest BCUT2D eigenvalue weighted by Crippen LogP contribution is 2.20. The Bertz CT molecular complexity index is 431. The Balaban J connectivity index is 3.03. The largest absolute Gasteiger partial charge is 0.329 e. The Labute approximate surface area is 105 Å². The summed E-state index contributed by atoms with van der Waals surface area (Å²) in [5.41, 5.74) is 5.96. The molecule has 0 bridgehead atoms.